The smallest absolute Gasteiger partial charge is 0.134 e. The molecule has 6 heteroatoms. The average Bonchev–Trinajstić information content (AvgIpc) is 2.44. The van der Waals surface area contributed by atoms with Crippen LogP contribution in [0.3, 0.4) is 0 Å². The fraction of sp³-hybridized carbons (Fsp3) is 0.200. The van der Waals surface area contributed by atoms with Gasteiger partial charge in [0.05, 0.1) is 11.1 Å². The van der Waals surface area contributed by atoms with Crippen molar-refractivity contribution in [2.45, 2.75) is 13.0 Å². The lowest BCUT2D eigenvalue weighted by atomic mass is 9.95. The molecule has 0 saturated heterocycles. The first-order chi connectivity index (χ1) is 9.86. The lowest BCUT2D eigenvalue weighted by Gasteiger charge is -2.20. The standard InChI is InChI=1S/C15H12BrClF3N/c1-7-3-4-11(18)13(14(7)20)15(21-2)8-5-10(17)9(16)6-12(8)19/h3-6,15,21H,1-2H3. The number of aryl methyl sites for hydroxylation is 1. The van der Waals surface area contributed by atoms with Gasteiger partial charge < -0.3 is 5.32 Å². The van der Waals surface area contributed by atoms with Gasteiger partial charge in [-0.15, -0.1) is 0 Å². The minimum absolute atomic E-state index is 0.0779. The van der Waals surface area contributed by atoms with Crippen LogP contribution < -0.4 is 5.32 Å². The minimum atomic E-state index is -0.976. The van der Waals surface area contributed by atoms with Gasteiger partial charge >= 0.3 is 0 Å². The van der Waals surface area contributed by atoms with Crippen molar-refractivity contribution in [3.8, 4) is 0 Å². The molecular weight excluding hydrogens is 367 g/mol. The lowest BCUT2D eigenvalue weighted by molar-refractivity contribution is 0.504. The molecule has 0 heterocycles. The van der Waals surface area contributed by atoms with Gasteiger partial charge in [0.2, 0.25) is 0 Å². The van der Waals surface area contributed by atoms with Crippen LogP contribution in [0.4, 0.5) is 13.2 Å². The van der Waals surface area contributed by atoms with Crippen LogP contribution in [0.15, 0.2) is 28.7 Å². The molecule has 0 aliphatic carbocycles. The molecule has 2 aromatic rings. The Morgan fingerprint density at radius 2 is 1.81 bits per heavy atom. The second kappa shape index (κ2) is 6.38. The van der Waals surface area contributed by atoms with Crippen molar-refractivity contribution in [3.05, 3.63) is 67.9 Å². The molecule has 0 bridgehead atoms. The molecule has 1 unspecified atom stereocenters. The maximum absolute atomic E-state index is 14.3. The van der Waals surface area contributed by atoms with E-state index in [-0.39, 0.29) is 21.7 Å². The molecule has 2 aromatic carbocycles. The van der Waals surface area contributed by atoms with Crippen LogP contribution in [0, 0.1) is 24.4 Å². The first kappa shape index (κ1) is 16.3. The van der Waals surface area contributed by atoms with Gasteiger partial charge in [-0.1, -0.05) is 17.7 Å². The quantitative estimate of drug-likeness (QED) is 0.730. The van der Waals surface area contributed by atoms with Gasteiger partial charge in [0, 0.05) is 15.6 Å². The number of benzene rings is 2. The molecule has 1 nitrogen and oxygen atoms in total. The zero-order chi connectivity index (χ0) is 15.7. The second-order valence-corrected chi connectivity index (χ2v) is 5.86. The molecule has 112 valence electrons. The van der Waals surface area contributed by atoms with Crippen LogP contribution in [0.2, 0.25) is 5.02 Å². The molecule has 1 atom stereocenters. The van der Waals surface area contributed by atoms with Gasteiger partial charge in [0.15, 0.2) is 0 Å². The van der Waals surface area contributed by atoms with Gasteiger partial charge in [-0.05, 0) is 53.7 Å². The summed E-state index contributed by atoms with van der Waals surface area (Å²) in [6, 6.07) is 4.05. The van der Waals surface area contributed by atoms with Crippen LogP contribution >= 0.6 is 27.5 Å². The van der Waals surface area contributed by atoms with Crippen LogP contribution in [0.25, 0.3) is 0 Å². The van der Waals surface area contributed by atoms with E-state index in [1.165, 1.54) is 32.2 Å². The number of rotatable bonds is 3. The van der Waals surface area contributed by atoms with Gasteiger partial charge in [-0.3, -0.25) is 0 Å². The third-order valence-corrected chi connectivity index (χ3v) is 4.44. The summed E-state index contributed by atoms with van der Waals surface area (Å²) in [4.78, 5) is 0. The maximum atomic E-state index is 14.3. The molecule has 0 spiro atoms. The van der Waals surface area contributed by atoms with Crippen LogP contribution in [-0.4, -0.2) is 7.05 Å². The van der Waals surface area contributed by atoms with E-state index < -0.39 is 23.5 Å². The predicted octanol–water partition coefficient (Wildman–Crippen LogP) is 5.14. The highest BCUT2D eigenvalue weighted by atomic mass is 79.9. The Morgan fingerprint density at radius 1 is 1.14 bits per heavy atom. The Labute approximate surface area is 134 Å². The minimum Gasteiger partial charge on any atom is -0.309 e. The molecule has 0 aliphatic rings. The van der Waals surface area contributed by atoms with Crippen molar-refractivity contribution < 1.29 is 13.2 Å². The second-order valence-electron chi connectivity index (χ2n) is 4.60. The third-order valence-electron chi connectivity index (χ3n) is 3.25. The highest BCUT2D eigenvalue weighted by molar-refractivity contribution is 9.10. The first-order valence-electron chi connectivity index (χ1n) is 6.13. The van der Waals surface area contributed by atoms with E-state index in [0.717, 1.165) is 6.07 Å². The van der Waals surface area contributed by atoms with E-state index in [4.69, 9.17) is 11.6 Å². The Bertz CT molecular complexity index is 691. The van der Waals surface area contributed by atoms with E-state index in [2.05, 4.69) is 21.2 Å². The van der Waals surface area contributed by atoms with Crippen molar-refractivity contribution >= 4 is 27.5 Å². The van der Waals surface area contributed by atoms with Crippen molar-refractivity contribution in [1.29, 1.82) is 0 Å². The summed E-state index contributed by atoms with van der Waals surface area (Å²) in [5.41, 5.74) is 0.138. The number of hydrogen-bond donors (Lipinski definition) is 1. The molecule has 0 radical (unpaired) electrons. The highest BCUT2D eigenvalue weighted by Gasteiger charge is 2.25. The van der Waals surface area contributed by atoms with Crippen molar-refractivity contribution in [3.63, 3.8) is 0 Å². The van der Waals surface area contributed by atoms with Crippen molar-refractivity contribution in [2.24, 2.45) is 0 Å². The summed E-state index contributed by atoms with van der Waals surface area (Å²) in [5.74, 6) is -2.05. The molecule has 2 rings (SSSR count). The van der Waals surface area contributed by atoms with E-state index in [1.807, 2.05) is 0 Å². The summed E-state index contributed by atoms with van der Waals surface area (Å²) in [6.45, 7) is 1.52. The number of nitrogens with one attached hydrogen (secondary N) is 1. The number of hydrogen-bond acceptors (Lipinski definition) is 1. The fourth-order valence-electron chi connectivity index (χ4n) is 2.16. The summed E-state index contributed by atoms with van der Waals surface area (Å²) in [5, 5.41) is 3.00. The molecule has 0 amide bonds. The average molecular weight is 379 g/mol. The van der Waals surface area contributed by atoms with Crippen molar-refractivity contribution in [2.75, 3.05) is 7.05 Å². The molecule has 0 saturated carbocycles. The van der Waals surface area contributed by atoms with Crippen molar-refractivity contribution in [1.82, 2.24) is 5.32 Å². The van der Waals surface area contributed by atoms with Crippen LogP contribution in [0.5, 0.6) is 0 Å². The van der Waals surface area contributed by atoms with Crippen LogP contribution in [0.1, 0.15) is 22.7 Å². The highest BCUT2D eigenvalue weighted by Crippen LogP contribution is 2.34. The summed E-state index contributed by atoms with van der Waals surface area (Å²) in [7, 11) is 1.50. The SMILES string of the molecule is CNC(c1cc(Cl)c(Br)cc1F)c1c(F)ccc(C)c1F. The zero-order valence-corrected chi connectivity index (χ0v) is 13.6. The topological polar surface area (TPSA) is 12.0 Å². The first-order valence-corrected chi connectivity index (χ1v) is 7.30. The molecule has 1 N–H and O–H groups in total. The van der Waals surface area contributed by atoms with E-state index >= 15 is 0 Å². The van der Waals surface area contributed by atoms with Gasteiger partial charge in [-0.25, -0.2) is 13.2 Å². The maximum Gasteiger partial charge on any atom is 0.134 e. The monoisotopic (exact) mass is 377 g/mol. The van der Waals surface area contributed by atoms with Gasteiger partial charge in [-0.2, -0.15) is 0 Å². The molecule has 0 aliphatic heterocycles. The molecule has 21 heavy (non-hydrogen) atoms. The van der Waals surface area contributed by atoms with E-state index in [9.17, 15) is 13.2 Å². The Hall–Kier alpha value is -1.04. The Balaban J connectivity index is 2.66. The molecule has 0 aromatic heterocycles. The fourth-order valence-corrected chi connectivity index (χ4v) is 2.65. The molecular formula is C15H12BrClF3N. The van der Waals surface area contributed by atoms with Gasteiger partial charge in [0.25, 0.3) is 0 Å². The normalized spacial score (nSPS) is 12.5. The largest absolute Gasteiger partial charge is 0.309 e. The summed E-state index contributed by atoms with van der Waals surface area (Å²) >= 11 is 9.06. The predicted molar refractivity (Wildman–Crippen MR) is 81.1 cm³/mol. The van der Waals surface area contributed by atoms with Crippen LogP contribution in [-0.2, 0) is 0 Å². The summed E-state index contributed by atoms with van der Waals surface area (Å²) < 4.78 is 42.8. The third kappa shape index (κ3) is 3.10. The zero-order valence-electron chi connectivity index (χ0n) is 11.3. The Morgan fingerprint density at radius 3 is 2.43 bits per heavy atom. The lowest BCUT2D eigenvalue weighted by Crippen LogP contribution is -2.22. The number of halogens is 5. The van der Waals surface area contributed by atoms with E-state index in [1.54, 1.807) is 0 Å². The Kier molecular flexibility index (Phi) is 4.96. The summed E-state index contributed by atoms with van der Waals surface area (Å²) in [6.07, 6.45) is 0. The molecule has 0 fully saturated rings. The van der Waals surface area contributed by atoms with E-state index in [0.29, 0.717) is 4.47 Å². The van der Waals surface area contributed by atoms with Gasteiger partial charge in [0.1, 0.15) is 17.5 Å².